The summed E-state index contributed by atoms with van der Waals surface area (Å²) in [5.41, 5.74) is 1.38. The summed E-state index contributed by atoms with van der Waals surface area (Å²) in [6, 6.07) is 0.525. The van der Waals surface area contributed by atoms with E-state index >= 15 is 0 Å². The monoisotopic (exact) mass is 236 g/mol. The van der Waals surface area contributed by atoms with Crippen LogP contribution in [-0.2, 0) is 6.54 Å². The van der Waals surface area contributed by atoms with Gasteiger partial charge in [-0.3, -0.25) is 4.90 Å². The molecule has 1 saturated heterocycles. The highest BCUT2D eigenvalue weighted by Gasteiger charge is 2.34. The lowest BCUT2D eigenvalue weighted by molar-refractivity contribution is 0.261. The van der Waals surface area contributed by atoms with E-state index in [1.54, 1.807) is 0 Å². The van der Waals surface area contributed by atoms with E-state index in [2.05, 4.69) is 33.7 Å². The quantitative estimate of drug-likeness (QED) is 0.841. The van der Waals surface area contributed by atoms with Crippen LogP contribution in [0, 0.1) is 5.92 Å². The van der Waals surface area contributed by atoms with Crippen molar-refractivity contribution in [3.8, 4) is 0 Å². The van der Waals surface area contributed by atoms with Gasteiger partial charge in [0.25, 0.3) is 0 Å². The molecule has 0 aromatic carbocycles. The Labute approximate surface area is 104 Å². The summed E-state index contributed by atoms with van der Waals surface area (Å²) in [5.74, 6) is 0.706. The predicted octanol–water partition coefficient (Wildman–Crippen LogP) is 1.51. The Morgan fingerprint density at radius 1 is 1.53 bits per heavy atom. The topological polar surface area (TPSA) is 33.1 Å². The first-order valence-electron chi connectivity index (χ1n) is 6.62. The number of rotatable bonds is 5. The standard InChI is InChI=1S/C13H24N4/c1-4-6-17-10-15-9-12(17)13-11(8-14-2)5-7-16(13)3/h9-11,13-14H,4-8H2,1-3H3. The minimum atomic E-state index is 0.525. The smallest absolute Gasteiger partial charge is 0.0948 e. The van der Waals surface area contributed by atoms with E-state index in [0.29, 0.717) is 12.0 Å². The molecule has 2 heterocycles. The van der Waals surface area contributed by atoms with Crippen LogP contribution < -0.4 is 5.32 Å². The number of nitrogens with zero attached hydrogens (tertiary/aromatic N) is 3. The number of aromatic nitrogens is 2. The summed E-state index contributed by atoms with van der Waals surface area (Å²) in [6.45, 7) is 5.57. The van der Waals surface area contributed by atoms with Crippen LogP contribution >= 0.6 is 0 Å². The third-order valence-electron chi connectivity index (χ3n) is 3.75. The van der Waals surface area contributed by atoms with Crippen LogP contribution in [0.5, 0.6) is 0 Å². The molecule has 1 N–H and O–H groups in total. The van der Waals surface area contributed by atoms with Crippen molar-refractivity contribution < 1.29 is 0 Å². The number of imidazole rings is 1. The van der Waals surface area contributed by atoms with Gasteiger partial charge in [0.15, 0.2) is 0 Å². The molecule has 4 heteroatoms. The number of hydrogen-bond acceptors (Lipinski definition) is 3. The number of aryl methyl sites for hydroxylation is 1. The van der Waals surface area contributed by atoms with E-state index in [0.717, 1.165) is 19.5 Å². The van der Waals surface area contributed by atoms with E-state index in [9.17, 15) is 0 Å². The van der Waals surface area contributed by atoms with E-state index in [1.165, 1.54) is 18.7 Å². The van der Waals surface area contributed by atoms with Crippen molar-refractivity contribution in [2.75, 3.05) is 27.2 Å². The zero-order chi connectivity index (χ0) is 12.3. The Kier molecular flexibility index (Phi) is 4.18. The van der Waals surface area contributed by atoms with Crippen LogP contribution in [0.15, 0.2) is 12.5 Å². The van der Waals surface area contributed by atoms with Crippen LogP contribution in [-0.4, -0.2) is 41.6 Å². The lowest BCUT2D eigenvalue weighted by Gasteiger charge is -2.26. The molecule has 0 bridgehead atoms. The van der Waals surface area contributed by atoms with Crippen molar-refractivity contribution in [2.45, 2.75) is 32.4 Å². The van der Waals surface area contributed by atoms with Gasteiger partial charge in [0.05, 0.1) is 18.1 Å². The summed E-state index contributed by atoms with van der Waals surface area (Å²) in [6.07, 6.45) is 6.46. The van der Waals surface area contributed by atoms with Crippen LogP contribution in [0.25, 0.3) is 0 Å². The minimum absolute atomic E-state index is 0.525. The van der Waals surface area contributed by atoms with E-state index in [4.69, 9.17) is 0 Å². The maximum absolute atomic E-state index is 4.33. The van der Waals surface area contributed by atoms with Crippen LogP contribution in [0.3, 0.4) is 0 Å². The Bertz CT molecular complexity index is 345. The van der Waals surface area contributed by atoms with E-state index in [1.807, 2.05) is 19.6 Å². The van der Waals surface area contributed by atoms with Gasteiger partial charge in [-0.25, -0.2) is 4.98 Å². The van der Waals surface area contributed by atoms with Gasteiger partial charge in [-0.1, -0.05) is 6.92 Å². The summed E-state index contributed by atoms with van der Waals surface area (Å²) >= 11 is 0. The SMILES string of the molecule is CCCn1cncc1C1C(CNC)CCN1C. The molecule has 2 rings (SSSR count). The zero-order valence-electron chi connectivity index (χ0n) is 11.2. The molecule has 0 amide bonds. The summed E-state index contributed by atoms with van der Waals surface area (Å²) in [7, 11) is 4.27. The second-order valence-electron chi connectivity index (χ2n) is 5.04. The third kappa shape index (κ3) is 2.53. The van der Waals surface area contributed by atoms with Crippen molar-refractivity contribution in [1.82, 2.24) is 19.8 Å². The molecule has 0 spiro atoms. The molecule has 2 unspecified atom stereocenters. The number of likely N-dealkylation sites (tertiary alicyclic amines) is 1. The molecule has 1 aromatic heterocycles. The molecule has 0 radical (unpaired) electrons. The molecule has 96 valence electrons. The van der Waals surface area contributed by atoms with Crippen molar-refractivity contribution >= 4 is 0 Å². The highest BCUT2D eigenvalue weighted by molar-refractivity contribution is 5.10. The molecule has 2 atom stereocenters. The molecule has 1 fully saturated rings. The van der Waals surface area contributed by atoms with Gasteiger partial charge in [-0.2, -0.15) is 0 Å². The fourth-order valence-corrected chi connectivity index (χ4v) is 2.97. The molecular formula is C13H24N4. The van der Waals surface area contributed by atoms with Gasteiger partial charge < -0.3 is 9.88 Å². The van der Waals surface area contributed by atoms with Crippen molar-refractivity contribution in [1.29, 1.82) is 0 Å². The van der Waals surface area contributed by atoms with Crippen LogP contribution in [0.2, 0.25) is 0 Å². The Morgan fingerprint density at radius 3 is 3.06 bits per heavy atom. The average Bonchev–Trinajstić information content (AvgIpc) is 2.87. The maximum Gasteiger partial charge on any atom is 0.0948 e. The molecule has 1 aliphatic heterocycles. The first kappa shape index (κ1) is 12.6. The summed E-state index contributed by atoms with van der Waals surface area (Å²) in [5, 5.41) is 3.32. The van der Waals surface area contributed by atoms with Crippen LogP contribution in [0.4, 0.5) is 0 Å². The first-order chi connectivity index (χ1) is 8.27. The maximum atomic E-state index is 4.33. The Balaban J connectivity index is 2.20. The Morgan fingerprint density at radius 2 is 2.35 bits per heavy atom. The zero-order valence-corrected chi connectivity index (χ0v) is 11.2. The molecule has 1 aliphatic rings. The highest BCUT2D eigenvalue weighted by atomic mass is 15.2. The molecule has 17 heavy (non-hydrogen) atoms. The van der Waals surface area contributed by atoms with Gasteiger partial charge >= 0.3 is 0 Å². The first-order valence-corrected chi connectivity index (χ1v) is 6.62. The molecule has 0 saturated carbocycles. The van der Waals surface area contributed by atoms with E-state index in [-0.39, 0.29) is 0 Å². The molecule has 4 nitrogen and oxygen atoms in total. The third-order valence-corrected chi connectivity index (χ3v) is 3.75. The summed E-state index contributed by atoms with van der Waals surface area (Å²) < 4.78 is 2.31. The molecule has 0 aliphatic carbocycles. The van der Waals surface area contributed by atoms with Crippen LogP contribution in [0.1, 0.15) is 31.5 Å². The second kappa shape index (κ2) is 5.65. The number of hydrogen-bond donors (Lipinski definition) is 1. The Hall–Kier alpha value is -0.870. The minimum Gasteiger partial charge on any atom is -0.333 e. The lowest BCUT2D eigenvalue weighted by Crippen LogP contribution is -2.28. The van der Waals surface area contributed by atoms with Gasteiger partial charge in [-0.05, 0) is 45.9 Å². The van der Waals surface area contributed by atoms with Gasteiger partial charge in [0, 0.05) is 12.7 Å². The fraction of sp³-hybridized carbons (Fsp3) is 0.769. The van der Waals surface area contributed by atoms with Crippen molar-refractivity contribution in [3.05, 3.63) is 18.2 Å². The van der Waals surface area contributed by atoms with Gasteiger partial charge in [0.2, 0.25) is 0 Å². The summed E-state index contributed by atoms with van der Waals surface area (Å²) in [4.78, 5) is 6.79. The second-order valence-corrected chi connectivity index (χ2v) is 5.04. The average molecular weight is 236 g/mol. The highest BCUT2D eigenvalue weighted by Crippen LogP contribution is 2.35. The normalized spacial score (nSPS) is 25.6. The fourth-order valence-electron chi connectivity index (χ4n) is 2.97. The van der Waals surface area contributed by atoms with Gasteiger partial charge in [0.1, 0.15) is 0 Å². The largest absolute Gasteiger partial charge is 0.333 e. The van der Waals surface area contributed by atoms with E-state index < -0.39 is 0 Å². The van der Waals surface area contributed by atoms with Gasteiger partial charge in [-0.15, -0.1) is 0 Å². The lowest BCUT2D eigenvalue weighted by atomic mass is 9.98. The molecular weight excluding hydrogens is 212 g/mol. The number of nitrogens with one attached hydrogen (secondary N) is 1. The van der Waals surface area contributed by atoms with Crippen molar-refractivity contribution in [3.63, 3.8) is 0 Å². The molecule has 1 aromatic rings. The van der Waals surface area contributed by atoms with Crippen molar-refractivity contribution in [2.24, 2.45) is 5.92 Å². The predicted molar refractivity (Wildman–Crippen MR) is 69.9 cm³/mol.